The third kappa shape index (κ3) is 4.42. The molecule has 0 N–H and O–H groups in total. The molecule has 0 aliphatic carbocycles. The van der Waals surface area contributed by atoms with Gasteiger partial charge < -0.3 is 4.57 Å². The Labute approximate surface area is 295 Å². The standard InChI is InChI=1S/C48H33N3/c1-3-12-38-41-29-34(25-28-44(41)50(43(38)4-2)36-14-6-5-7-15-36)31-19-21-32(22-20-31)35-24-26-39-40-27-23-33-13-8-9-16-37(33)47(40)48-49-42-17-10-11-18-45(42)51(48)46(39)30-35/h3-30H,2H2,1H3/b12-3-. The van der Waals surface area contributed by atoms with Gasteiger partial charge in [-0.25, -0.2) is 4.98 Å². The molecular weight excluding hydrogens is 619 g/mol. The number of hydrogen-bond donors (Lipinski definition) is 0. The van der Waals surface area contributed by atoms with Gasteiger partial charge in [0.1, 0.15) is 5.65 Å². The lowest BCUT2D eigenvalue weighted by Crippen LogP contribution is -1.96. The smallest absolute Gasteiger partial charge is 0.147 e. The van der Waals surface area contributed by atoms with E-state index in [4.69, 9.17) is 4.98 Å². The molecule has 10 aromatic rings. The summed E-state index contributed by atoms with van der Waals surface area (Å²) in [5, 5.41) is 7.30. The number of hydrogen-bond acceptors (Lipinski definition) is 1. The second-order valence-electron chi connectivity index (χ2n) is 13.2. The van der Waals surface area contributed by atoms with Crippen LogP contribution in [0.3, 0.4) is 0 Å². The topological polar surface area (TPSA) is 22.2 Å². The Kier molecular flexibility index (Phi) is 6.55. The predicted molar refractivity (Wildman–Crippen MR) is 218 cm³/mol. The number of rotatable bonds is 5. The molecule has 0 amide bonds. The minimum Gasteiger partial charge on any atom is -0.309 e. The quantitative estimate of drug-likeness (QED) is 0.170. The summed E-state index contributed by atoms with van der Waals surface area (Å²) in [6, 6.07) is 54.7. The summed E-state index contributed by atoms with van der Waals surface area (Å²) in [6.45, 7) is 6.26. The van der Waals surface area contributed by atoms with Gasteiger partial charge in [-0.3, -0.25) is 4.40 Å². The van der Waals surface area contributed by atoms with Crippen LogP contribution in [0.25, 0.3) is 100 Å². The van der Waals surface area contributed by atoms with Crippen molar-refractivity contribution in [1.82, 2.24) is 14.0 Å². The Morgan fingerprint density at radius 2 is 1.24 bits per heavy atom. The van der Waals surface area contributed by atoms with Crippen LogP contribution < -0.4 is 0 Å². The molecular formula is C48H33N3. The molecule has 240 valence electrons. The first-order valence-corrected chi connectivity index (χ1v) is 17.5. The van der Waals surface area contributed by atoms with Gasteiger partial charge >= 0.3 is 0 Å². The van der Waals surface area contributed by atoms with E-state index in [1.165, 1.54) is 65.7 Å². The maximum absolute atomic E-state index is 5.21. The minimum atomic E-state index is 0.997. The minimum absolute atomic E-state index is 0.997. The molecule has 3 heterocycles. The van der Waals surface area contributed by atoms with Gasteiger partial charge in [-0.2, -0.15) is 0 Å². The van der Waals surface area contributed by atoms with E-state index in [1.54, 1.807) is 0 Å². The van der Waals surface area contributed by atoms with Gasteiger partial charge in [0.25, 0.3) is 0 Å². The third-order valence-corrected chi connectivity index (χ3v) is 10.4. The van der Waals surface area contributed by atoms with Crippen LogP contribution in [0.4, 0.5) is 0 Å². The summed E-state index contributed by atoms with van der Waals surface area (Å²) in [5.74, 6) is 0. The Bertz CT molecular complexity index is 3030. The Hall–Kier alpha value is -6.71. The van der Waals surface area contributed by atoms with Crippen LogP contribution in [0.5, 0.6) is 0 Å². The van der Waals surface area contributed by atoms with Crippen molar-refractivity contribution < 1.29 is 0 Å². The van der Waals surface area contributed by atoms with Crippen LogP contribution in [0.1, 0.15) is 18.2 Å². The van der Waals surface area contributed by atoms with Crippen LogP contribution in [0.15, 0.2) is 164 Å². The number of pyridine rings is 1. The molecule has 0 saturated heterocycles. The molecule has 0 aliphatic rings. The van der Waals surface area contributed by atoms with Gasteiger partial charge in [0, 0.05) is 27.4 Å². The normalized spacial score (nSPS) is 12.0. The van der Waals surface area contributed by atoms with Crippen molar-refractivity contribution >= 4 is 72.2 Å². The van der Waals surface area contributed by atoms with E-state index in [-0.39, 0.29) is 0 Å². The van der Waals surface area contributed by atoms with E-state index < -0.39 is 0 Å². The Balaban J connectivity index is 1.12. The van der Waals surface area contributed by atoms with Crippen molar-refractivity contribution in [3.63, 3.8) is 0 Å². The predicted octanol–water partition coefficient (Wildman–Crippen LogP) is 12.9. The zero-order valence-electron chi connectivity index (χ0n) is 28.2. The zero-order valence-corrected chi connectivity index (χ0v) is 28.2. The van der Waals surface area contributed by atoms with E-state index in [0.29, 0.717) is 0 Å². The molecule has 0 saturated carbocycles. The molecule has 7 aromatic carbocycles. The lowest BCUT2D eigenvalue weighted by Gasteiger charge is -2.13. The number of aromatic nitrogens is 3. The first-order valence-electron chi connectivity index (χ1n) is 17.5. The summed E-state index contributed by atoms with van der Waals surface area (Å²) < 4.78 is 4.66. The Morgan fingerprint density at radius 1 is 0.549 bits per heavy atom. The molecule has 0 spiro atoms. The molecule has 0 bridgehead atoms. The number of benzene rings is 7. The average Bonchev–Trinajstić information content (AvgIpc) is 3.74. The largest absolute Gasteiger partial charge is 0.309 e. The number of imidazole rings is 1. The summed E-state index contributed by atoms with van der Waals surface area (Å²) in [5.41, 5.74) is 13.6. The van der Waals surface area contributed by atoms with E-state index in [0.717, 1.165) is 33.6 Å². The van der Waals surface area contributed by atoms with Crippen LogP contribution >= 0.6 is 0 Å². The zero-order chi connectivity index (χ0) is 34.1. The van der Waals surface area contributed by atoms with Gasteiger partial charge in [0.2, 0.25) is 0 Å². The van der Waals surface area contributed by atoms with Crippen molar-refractivity contribution in [2.45, 2.75) is 6.92 Å². The highest BCUT2D eigenvalue weighted by molar-refractivity contribution is 6.23. The van der Waals surface area contributed by atoms with E-state index in [1.807, 2.05) is 6.08 Å². The van der Waals surface area contributed by atoms with Gasteiger partial charge in [-0.15, -0.1) is 0 Å². The number of para-hydroxylation sites is 3. The molecule has 3 nitrogen and oxygen atoms in total. The van der Waals surface area contributed by atoms with Gasteiger partial charge in [0.05, 0.1) is 27.8 Å². The molecule has 3 heteroatoms. The van der Waals surface area contributed by atoms with Crippen molar-refractivity contribution in [3.05, 3.63) is 176 Å². The van der Waals surface area contributed by atoms with E-state index in [9.17, 15) is 0 Å². The second-order valence-corrected chi connectivity index (χ2v) is 13.2. The average molecular weight is 652 g/mol. The van der Waals surface area contributed by atoms with Gasteiger partial charge in [-0.05, 0) is 93.9 Å². The van der Waals surface area contributed by atoms with E-state index in [2.05, 4.69) is 186 Å². The first-order chi connectivity index (χ1) is 25.2. The van der Waals surface area contributed by atoms with Gasteiger partial charge in [-0.1, -0.05) is 128 Å². The number of allylic oxidation sites excluding steroid dienone is 1. The Morgan fingerprint density at radius 3 is 2.04 bits per heavy atom. The van der Waals surface area contributed by atoms with Crippen molar-refractivity contribution in [2.75, 3.05) is 0 Å². The summed E-state index contributed by atoms with van der Waals surface area (Å²) >= 11 is 0. The molecule has 0 aliphatic heterocycles. The SMILES string of the molecule is C=Cc1c(/C=C\C)c2cc(-c3ccc(-c4ccc5c6ccc7ccccc7c6c6nc7ccccc7n6c5c4)cc3)ccc2n1-c1ccccc1. The molecule has 0 radical (unpaired) electrons. The van der Waals surface area contributed by atoms with E-state index >= 15 is 0 Å². The molecule has 0 unspecified atom stereocenters. The maximum atomic E-state index is 5.21. The molecule has 51 heavy (non-hydrogen) atoms. The molecule has 10 rings (SSSR count). The highest BCUT2D eigenvalue weighted by Gasteiger charge is 2.18. The lowest BCUT2D eigenvalue weighted by molar-refractivity contribution is 1.11. The highest BCUT2D eigenvalue weighted by atomic mass is 15.0. The molecule has 0 atom stereocenters. The highest BCUT2D eigenvalue weighted by Crippen LogP contribution is 2.39. The van der Waals surface area contributed by atoms with Crippen molar-refractivity contribution in [1.29, 1.82) is 0 Å². The fourth-order valence-corrected chi connectivity index (χ4v) is 8.07. The molecule has 0 fully saturated rings. The van der Waals surface area contributed by atoms with Crippen LogP contribution in [-0.2, 0) is 0 Å². The number of fused-ring (bicyclic) bond motifs is 11. The first kappa shape index (κ1) is 29.2. The van der Waals surface area contributed by atoms with Crippen LogP contribution in [-0.4, -0.2) is 14.0 Å². The second kappa shape index (κ2) is 11.4. The fourth-order valence-electron chi connectivity index (χ4n) is 8.07. The summed E-state index contributed by atoms with van der Waals surface area (Å²) in [7, 11) is 0. The summed E-state index contributed by atoms with van der Waals surface area (Å²) in [6.07, 6.45) is 6.26. The lowest BCUT2D eigenvalue weighted by atomic mass is 9.96. The van der Waals surface area contributed by atoms with Crippen molar-refractivity contribution in [3.8, 4) is 27.9 Å². The fraction of sp³-hybridized carbons (Fsp3) is 0.0208. The summed E-state index contributed by atoms with van der Waals surface area (Å²) in [4.78, 5) is 5.21. The third-order valence-electron chi connectivity index (χ3n) is 10.4. The van der Waals surface area contributed by atoms with Gasteiger partial charge in [0.15, 0.2) is 0 Å². The van der Waals surface area contributed by atoms with Crippen LogP contribution in [0.2, 0.25) is 0 Å². The molecule has 3 aromatic heterocycles. The maximum Gasteiger partial charge on any atom is 0.147 e. The monoisotopic (exact) mass is 651 g/mol. The number of nitrogens with zero attached hydrogens (tertiary/aromatic N) is 3. The van der Waals surface area contributed by atoms with Crippen LogP contribution in [0, 0.1) is 0 Å². The van der Waals surface area contributed by atoms with Crippen molar-refractivity contribution in [2.24, 2.45) is 0 Å².